The van der Waals surface area contributed by atoms with Crippen LogP contribution in [-0.2, 0) is 19.1 Å². The molecule has 6 heteroatoms. The third-order valence-electron chi connectivity index (χ3n) is 4.63. The molecular weight excluding hydrogens is 386 g/mol. The van der Waals surface area contributed by atoms with Crippen LogP contribution in [0.3, 0.4) is 0 Å². The Balaban J connectivity index is 2.21. The molecule has 0 spiro atoms. The molecule has 1 aliphatic heterocycles. The fourth-order valence-corrected chi connectivity index (χ4v) is 4.68. The van der Waals surface area contributed by atoms with Gasteiger partial charge >= 0.3 is 11.9 Å². The predicted octanol–water partition coefficient (Wildman–Crippen LogP) is 4.85. The van der Waals surface area contributed by atoms with Crippen molar-refractivity contribution in [3.05, 3.63) is 88.0 Å². The highest BCUT2D eigenvalue weighted by atomic mass is 32.2. The highest BCUT2D eigenvalue weighted by Crippen LogP contribution is 2.49. The molecule has 29 heavy (non-hydrogen) atoms. The Morgan fingerprint density at radius 1 is 0.931 bits per heavy atom. The third-order valence-corrected chi connectivity index (χ3v) is 5.92. The van der Waals surface area contributed by atoms with E-state index in [2.05, 4.69) is 5.32 Å². The van der Waals surface area contributed by atoms with Crippen LogP contribution in [0.15, 0.2) is 82.4 Å². The molecule has 0 aromatic heterocycles. The molecule has 1 unspecified atom stereocenters. The molecule has 1 heterocycles. The van der Waals surface area contributed by atoms with Gasteiger partial charge in [0.15, 0.2) is 0 Å². The van der Waals surface area contributed by atoms with Crippen molar-refractivity contribution >= 4 is 29.4 Å². The minimum absolute atomic E-state index is 0.307. The molecule has 0 saturated heterocycles. The third kappa shape index (κ3) is 4.38. The number of carbonyl (C=O) groups is 2. The van der Waals surface area contributed by atoms with Crippen LogP contribution in [0.5, 0.6) is 0 Å². The average molecular weight is 410 g/mol. The molecule has 0 saturated carbocycles. The first-order valence-corrected chi connectivity index (χ1v) is 10.2. The van der Waals surface area contributed by atoms with Crippen molar-refractivity contribution in [2.24, 2.45) is 0 Å². The summed E-state index contributed by atoms with van der Waals surface area (Å²) in [6.07, 6.45) is 0.485. The van der Waals surface area contributed by atoms with Crippen LogP contribution in [0, 0.1) is 0 Å². The van der Waals surface area contributed by atoms with E-state index in [9.17, 15) is 9.59 Å². The van der Waals surface area contributed by atoms with Crippen LogP contribution in [-0.4, -0.2) is 26.2 Å². The number of methoxy groups -OCH3 is 2. The molecule has 1 atom stereocenters. The summed E-state index contributed by atoms with van der Waals surface area (Å²) in [6.45, 7) is 1.92. The first kappa shape index (κ1) is 20.7. The van der Waals surface area contributed by atoms with Gasteiger partial charge in [0.05, 0.1) is 35.6 Å². The summed E-state index contributed by atoms with van der Waals surface area (Å²) in [7, 11) is 2.70. The minimum Gasteiger partial charge on any atom is -0.466 e. The van der Waals surface area contributed by atoms with Gasteiger partial charge in [-0.25, -0.2) is 9.59 Å². The van der Waals surface area contributed by atoms with Gasteiger partial charge in [0.1, 0.15) is 0 Å². The van der Waals surface area contributed by atoms with Gasteiger partial charge in [0, 0.05) is 5.69 Å². The Morgan fingerprint density at radius 2 is 1.52 bits per heavy atom. The van der Waals surface area contributed by atoms with Crippen LogP contribution in [0.25, 0.3) is 0 Å². The van der Waals surface area contributed by atoms with Crippen LogP contribution in [0.2, 0.25) is 0 Å². The van der Waals surface area contributed by atoms with Gasteiger partial charge in [-0.2, -0.15) is 0 Å². The molecule has 1 N–H and O–H groups in total. The number of thioether (sulfide) groups is 1. The van der Waals surface area contributed by atoms with Crippen LogP contribution < -0.4 is 5.32 Å². The van der Waals surface area contributed by atoms with E-state index in [0.29, 0.717) is 28.2 Å². The van der Waals surface area contributed by atoms with E-state index in [1.807, 2.05) is 67.6 Å². The first-order valence-electron chi connectivity index (χ1n) is 9.28. The second-order valence-corrected chi connectivity index (χ2v) is 7.45. The fraction of sp³-hybridized carbons (Fsp3) is 0.217. The fourth-order valence-electron chi connectivity index (χ4n) is 3.30. The van der Waals surface area contributed by atoms with Gasteiger partial charge in [0.25, 0.3) is 0 Å². The van der Waals surface area contributed by atoms with Crippen molar-refractivity contribution in [2.75, 3.05) is 19.5 Å². The van der Waals surface area contributed by atoms with Gasteiger partial charge in [-0.15, -0.1) is 0 Å². The normalized spacial score (nSPS) is 16.4. The Kier molecular flexibility index (Phi) is 6.77. The molecule has 0 radical (unpaired) electrons. The van der Waals surface area contributed by atoms with Gasteiger partial charge < -0.3 is 14.8 Å². The van der Waals surface area contributed by atoms with Crippen LogP contribution >= 0.6 is 11.8 Å². The number of para-hydroxylation sites is 1. The maximum absolute atomic E-state index is 12.8. The van der Waals surface area contributed by atoms with Crippen molar-refractivity contribution in [1.82, 2.24) is 0 Å². The summed E-state index contributed by atoms with van der Waals surface area (Å²) in [5.74, 6) is -0.927. The number of carbonyl (C=O) groups excluding carboxylic acids is 2. The van der Waals surface area contributed by atoms with Crippen molar-refractivity contribution in [3.63, 3.8) is 0 Å². The number of anilines is 1. The zero-order valence-corrected chi connectivity index (χ0v) is 17.4. The van der Waals surface area contributed by atoms with Crippen LogP contribution in [0.4, 0.5) is 5.69 Å². The summed E-state index contributed by atoms with van der Waals surface area (Å²) >= 11 is 1.41. The molecule has 3 rings (SSSR count). The molecule has 2 aromatic carbocycles. The van der Waals surface area contributed by atoms with E-state index < -0.39 is 11.9 Å². The number of hydrogen-bond acceptors (Lipinski definition) is 6. The van der Waals surface area contributed by atoms with Crippen molar-refractivity contribution in [1.29, 1.82) is 0 Å². The Labute approximate surface area is 174 Å². The second-order valence-electron chi connectivity index (χ2n) is 6.33. The lowest BCUT2D eigenvalue weighted by atomic mass is 9.92. The zero-order valence-electron chi connectivity index (χ0n) is 16.6. The molecule has 5 nitrogen and oxygen atoms in total. The maximum Gasteiger partial charge on any atom is 0.340 e. The topological polar surface area (TPSA) is 64.6 Å². The van der Waals surface area contributed by atoms with E-state index in [1.54, 1.807) is 0 Å². The maximum atomic E-state index is 12.8. The van der Waals surface area contributed by atoms with E-state index in [1.165, 1.54) is 26.0 Å². The van der Waals surface area contributed by atoms with E-state index in [4.69, 9.17) is 9.47 Å². The van der Waals surface area contributed by atoms with Gasteiger partial charge in [-0.1, -0.05) is 67.2 Å². The lowest BCUT2D eigenvalue weighted by molar-refractivity contribution is -0.136. The summed E-state index contributed by atoms with van der Waals surface area (Å²) in [6, 6.07) is 19.3. The number of benzene rings is 2. The van der Waals surface area contributed by atoms with E-state index >= 15 is 0 Å². The van der Waals surface area contributed by atoms with Gasteiger partial charge in [-0.05, 0) is 29.7 Å². The lowest BCUT2D eigenvalue weighted by Gasteiger charge is -2.30. The molecule has 0 amide bonds. The Morgan fingerprint density at radius 3 is 2.07 bits per heavy atom. The molecule has 2 aromatic rings. The second kappa shape index (κ2) is 9.47. The minimum atomic E-state index is -0.485. The van der Waals surface area contributed by atoms with E-state index in [0.717, 1.165) is 11.3 Å². The van der Waals surface area contributed by atoms with Crippen molar-refractivity contribution in [2.45, 2.75) is 18.6 Å². The van der Waals surface area contributed by atoms with E-state index in [-0.39, 0.29) is 5.25 Å². The molecule has 0 fully saturated rings. The zero-order chi connectivity index (χ0) is 20.8. The van der Waals surface area contributed by atoms with Gasteiger partial charge in [0.2, 0.25) is 0 Å². The number of nitrogens with one attached hydrogen (secondary N) is 1. The number of esters is 2. The molecule has 1 aliphatic rings. The summed E-state index contributed by atoms with van der Waals surface area (Å²) in [4.78, 5) is 25.5. The van der Waals surface area contributed by atoms with Crippen molar-refractivity contribution < 1.29 is 19.1 Å². The summed E-state index contributed by atoms with van der Waals surface area (Å²) in [5, 5.41) is 3.69. The predicted molar refractivity (Wildman–Crippen MR) is 115 cm³/mol. The monoisotopic (exact) mass is 409 g/mol. The summed E-state index contributed by atoms with van der Waals surface area (Å²) < 4.78 is 10.1. The standard InChI is InChI=1S/C23H23NO4S/c1-4-17-18(22(25)27-2)20(15-11-7-5-8-12-15)29-21(19(17)23(26)28-3)24-16-13-9-6-10-14-16/h5-14,20,24H,4H2,1-3H3. The number of rotatable bonds is 6. The molecule has 0 bridgehead atoms. The lowest BCUT2D eigenvalue weighted by Crippen LogP contribution is -2.24. The van der Waals surface area contributed by atoms with Crippen molar-refractivity contribution in [3.8, 4) is 0 Å². The molecule has 0 aliphatic carbocycles. The Bertz CT molecular complexity index is 951. The smallest absolute Gasteiger partial charge is 0.340 e. The number of ether oxygens (including phenoxy) is 2. The molecule has 150 valence electrons. The number of hydrogen-bond donors (Lipinski definition) is 1. The highest BCUT2D eigenvalue weighted by molar-refractivity contribution is 8.03. The highest BCUT2D eigenvalue weighted by Gasteiger charge is 2.37. The largest absolute Gasteiger partial charge is 0.466 e. The quantitative estimate of drug-likeness (QED) is 0.688. The average Bonchev–Trinajstić information content (AvgIpc) is 2.78. The Hall–Kier alpha value is -2.99. The van der Waals surface area contributed by atoms with Gasteiger partial charge in [-0.3, -0.25) is 0 Å². The first-order chi connectivity index (χ1) is 14.1. The molecular formula is C23H23NO4S. The summed E-state index contributed by atoms with van der Waals surface area (Å²) in [5.41, 5.74) is 3.29. The SMILES string of the molecule is CCC1=C(C(=O)OC)C(c2ccccc2)SC(Nc2ccccc2)=C1C(=O)OC. The van der Waals surface area contributed by atoms with Crippen LogP contribution in [0.1, 0.15) is 24.2 Å².